The van der Waals surface area contributed by atoms with Crippen LogP contribution in [0.1, 0.15) is 27.2 Å². The first-order chi connectivity index (χ1) is 4.01. The first kappa shape index (κ1) is 7.07. The first-order valence-corrected chi connectivity index (χ1v) is 3.65. The van der Waals surface area contributed by atoms with Crippen LogP contribution in [0.4, 0.5) is 0 Å². The van der Waals surface area contributed by atoms with Crippen LogP contribution in [0.5, 0.6) is 0 Å². The van der Waals surface area contributed by atoms with E-state index < -0.39 is 0 Å². The lowest BCUT2D eigenvalue weighted by atomic mass is 10.0. The number of nitrogens with zero attached hydrogens (tertiary/aromatic N) is 1. The highest BCUT2D eigenvalue weighted by Gasteiger charge is 2.29. The van der Waals surface area contributed by atoms with Crippen molar-refractivity contribution >= 4 is 17.3 Å². The minimum Gasteiger partial charge on any atom is -0.287 e. The second-order valence-electron chi connectivity index (χ2n) is 3.24. The molecule has 2 heteroatoms. The molecule has 0 amide bonds. The van der Waals surface area contributed by atoms with Crippen molar-refractivity contribution in [3.63, 3.8) is 0 Å². The third-order valence-corrected chi connectivity index (χ3v) is 2.08. The number of halogens is 1. The van der Waals surface area contributed by atoms with Crippen LogP contribution in [0, 0.1) is 0 Å². The molecule has 0 aromatic heterocycles. The second kappa shape index (κ2) is 1.98. The van der Waals surface area contributed by atoms with E-state index in [1.165, 1.54) is 0 Å². The van der Waals surface area contributed by atoms with Crippen molar-refractivity contribution in [1.29, 1.82) is 0 Å². The van der Waals surface area contributed by atoms with Crippen molar-refractivity contribution in [2.45, 2.75) is 38.1 Å². The van der Waals surface area contributed by atoms with Gasteiger partial charge in [-0.1, -0.05) is 0 Å². The van der Waals surface area contributed by atoms with E-state index in [2.05, 4.69) is 18.8 Å². The zero-order chi connectivity index (χ0) is 7.07. The summed E-state index contributed by atoms with van der Waals surface area (Å²) in [4.78, 5) is 4.39. The molecule has 1 nitrogen and oxygen atoms in total. The lowest BCUT2D eigenvalue weighted by Crippen LogP contribution is -2.14. The van der Waals surface area contributed by atoms with Gasteiger partial charge < -0.3 is 0 Å². The van der Waals surface area contributed by atoms with Crippen molar-refractivity contribution in [1.82, 2.24) is 0 Å². The number of alkyl halides is 1. The van der Waals surface area contributed by atoms with Crippen LogP contribution >= 0.6 is 11.6 Å². The maximum Gasteiger partial charge on any atom is 0.0734 e. The quantitative estimate of drug-likeness (QED) is 0.464. The van der Waals surface area contributed by atoms with Gasteiger partial charge in [-0.2, -0.15) is 0 Å². The zero-order valence-electron chi connectivity index (χ0n) is 6.11. The van der Waals surface area contributed by atoms with E-state index in [-0.39, 0.29) is 10.9 Å². The molecule has 0 saturated heterocycles. The van der Waals surface area contributed by atoms with Gasteiger partial charge >= 0.3 is 0 Å². The molecule has 0 bridgehead atoms. The van der Waals surface area contributed by atoms with Gasteiger partial charge in [-0.05, 0) is 27.2 Å². The minimum absolute atomic E-state index is 0.0938. The Kier molecular flexibility index (Phi) is 1.55. The summed E-state index contributed by atoms with van der Waals surface area (Å²) >= 11 is 5.92. The van der Waals surface area contributed by atoms with Gasteiger partial charge in [-0.15, -0.1) is 11.6 Å². The molecule has 0 aliphatic carbocycles. The van der Waals surface area contributed by atoms with E-state index in [9.17, 15) is 0 Å². The van der Waals surface area contributed by atoms with Gasteiger partial charge in [0, 0.05) is 5.71 Å². The zero-order valence-corrected chi connectivity index (χ0v) is 6.87. The Hall–Kier alpha value is -0.0400. The number of hydrogen-bond donors (Lipinski definition) is 0. The number of rotatable bonds is 0. The average molecular weight is 146 g/mol. The van der Waals surface area contributed by atoms with Crippen molar-refractivity contribution in [2.24, 2.45) is 4.99 Å². The van der Waals surface area contributed by atoms with Crippen molar-refractivity contribution in [3.8, 4) is 0 Å². The predicted octanol–water partition coefficient (Wildman–Crippen LogP) is 2.24. The van der Waals surface area contributed by atoms with Gasteiger partial charge in [-0.25, -0.2) is 0 Å². The van der Waals surface area contributed by atoms with E-state index in [1.807, 2.05) is 6.92 Å². The molecule has 9 heavy (non-hydrogen) atoms. The van der Waals surface area contributed by atoms with E-state index in [1.54, 1.807) is 0 Å². The van der Waals surface area contributed by atoms with Crippen LogP contribution in [0.15, 0.2) is 4.99 Å². The molecule has 0 radical (unpaired) electrons. The molecule has 1 atom stereocenters. The maximum absolute atomic E-state index is 5.92. The van der Waals surface area contributed by atoms with Crippen LogP contribution in [0.2, 0.25) is 0 Å². The summed E-state index contributed by atoms with van der Waals surface area (Å²) < 4.78 is 0. The van der Waals surface area contributed by atoms with E-state index >= 15 is 0 Å². The van der Waals surface area contributed by atoms with Crippen molar-refractivity contribution in [2.75, 3.05) is 0 Å². The largest absolute Gasteiger partial charge is 0.287 e. The highest BCUT2D eigenvalue weighted by molar-refractivity contribution is 6.32. The normalized spacial score (nSPS) is 32.4. The molecule has 0 N–H and O–H groups in total. The SMILES string of the molecule is CC1=NC(C)(C)CC1Cl. The molecule has 0 fully saturated rings. The van der Waals surface area contributed by atoms with Gasteiger partial charge in [0.2, 0.25) is 0 Å². The van der Waals surface area contributed by atoms with Crippen LogP contribution in [0.3, 0.4) is 0 Å². The minimum atomic E-state index is 0.0938. The molecule has 0 spiro atoms. The lowest BCUT2D eigenvalue weighted by molar-refractivity contribution is 0.524. The number of hydrogen-bond acceptors (Lipinski definition) is 1. The summed E-state index contributed by atoms with van der Waals surface area (Å²) in [7, 11) is 0. The first-order valence-electron chi connectivity index (χ1n) is 3.22. The van der Waals surface area contributed by atoms with Crippen LogP contribution in [-0.4, -0.2) is 16.6 Å². The third kappa shape index (κ3) is 1.45. The van der Waals surface area contributed by atoms with Gasteiger partial charge in [0.25, 0.3) is 0 Å². The molecule has 0 aromatic rings. The Bertz CT molecular complexity index is 149. The summed E-state index contributed by atoms with van der Waals surface area (Å²) in [5.74, 6) is 0. The average Bonchev–Trinajstić information content (AvgIpc) is 1.79. The molecule has 1 aliphatic rings. The fraction of sp³-hybridized carbons (Fsp3) is 0.857. The Morgan fingerprint density at radius 3 is 2.33 bits per heavy atom. The van der Waals surface area contributed by atoms with Crippen LogP contribution in [0.25, 0.3) is 0 Å². The molecular weight excluding hydrogens is 134 g/mol. The second-order valence-corrected chi connectivity index (χ2v) is 3.76. The highest BCUT2D eigenvalue weighted by Crippen LogP contribution is 2.27. The number of aliphatic imine (C=N–C) groups is 1. The summed E-state index contributed by atoms with van der Waals surface area (Å²) in [6, 6.07) is 0. The summed E-state index contributed by atoms with van der Waals surface area (Å²) in [5, 5.41) is 0.181. The molecule has 1 aliphatic heterocycles. The maximum atomic E-state index is 5.92. The Labute approximate surface area is 61.1 Å². The fourth-order valence-electron chi connectivity index (χ4n) is 1.18. The highest BCUT2D eigenvalue weighted by atomic mass is 35.5. The summed E-state index contributed by atoms with van der Waals surface area (Å²) in [6.07, 6.45) is 0.986. The van der Waals surface area contributed by atoms with Gasteiger partial charge in [-0.3, -0.25) is 4.99 Å². The Morgan fingerprint density at radius 2 is 2.22 bits per heavy atom. The van der Waals surface area contributed by atoms with Gasteiger partial charge in [0.05, 0.1) is 10.9 Å². The summed E-state index contributed by atoms with van der Waals surface area (Å²) in [6.45, 7) is 6.21. The predicted molar refractivity (Wildman–Crippen MR) is 41.4 cm³/mol. The molecule has 1 rings (SSSR count). The monoisotopic (exact) mass is 145 g/mol. The van der Waals surface area contributed by atoms with E-state index in [0.717, 1.165) is 12.1 Å². The molecule has 1 unspecified atom stereocenters. The van der Waals surface area contributed by atoms with Crippen molar-refractivity contribution in [3.05, 3.63) is 0 Å². The molecule has 1 heterocycles. The van der Waals surface area contributed by atoms with E-state index in [0.29, 0.717) is 0 Å². The van der Waals surface area contributed by atoms with Gasteiger partial charge in [0.1, 0.15) is 0 Å². The molecular formula is C7H12ClN. The van der Waals surface area contributed by atoms with Gasteiger partial charge in [0.15, 0.2) is 0 Å². The molecule has 0 saturated carbocycles. The standard InChI is InChI=1S/C7H12ClN/c1-5-6(8)4-7(2,3)9-5/h6H,4H2,1-3H3. The fourth-order valence-corrected chi connectivity index (χ4v) is 1.61. The lowest BCUT2D eigenvalue weighted by Gasteiger charge is -2.11. The topological polar surface area (TPSA) is 12.4 Å². The molecule has 0 aromatic carbocycles. The Balaban J connectivity index is 2.74. The third-order valence-electron chi connectivity index (χ3n) is 1.61. The molecule has 52 valence electrons. The summed E-state index contributed by atoms with van der Waals surface area (Å²) in [5.41, 5.74) is 1.18. The van der Waals surface area contributed by atoms with Crippen LogP contribution < -0.4 is 0 Å². The Morgan fingerprint density at radius 1 is 1.67 bits per heavy atom. The smallest absolute Gasteiger partial charge is 0.0734 e. The van der Waals surface area contributed by atoms with Crippen molar-refractivity contribution < 1.29 is 0 Å². The van der Waals surface area contributed by atoms with E-state index in [4.69, 9.17) is 11.6 Å². The van der Waals surface area contributed by atoms with Crippen LogP contribution in [-0.2, 0) is 0 Å².